The molecule has 0 atom stereocenters. The van der Waals surface area contributed by atoms with Crippen LogP contribution in [0.2, 0.25) is 0 Å². The molecule has 3 N–H and O–H groups in total. The Balaban J connectivity index is 2.30. The summed E-state index contributed by atoms with van der Waals surface area (Å²) in [6.45, 7) is 2.63. The minimum atomic E-state index is -0.438. The molecule has 0 aliphatic heterocycles. The molecular weight excluding hydrogens is 235 g/mol. The van der Waals surface area contributed by atoms with E-state index in [1.54, 1.807) is 12.1 Å². The van der Waals surface area contributed by atoms with Gasteiger partial charge in [0.05, 0.1) is 5.52 Å². The van der Waals surface area contributed by atoms with Gasteiger partial charge < -0.3 is 15.6 Å². The van der Waals surface area contributed by atoms with Crippen molar-refractivity contribution in [2.75, 3.05) is 12.3 Å². The third-order valence-electron chi connectivity index (χ3n) is 2.63. The Kier molecular flexibility index (Phi) is 3.45. The van der Waals surface area contributed by atoms with Crippen molar-refractivity contribution in [2.45, 2.75) is 19.9 Å². The Morgan fingerprint density at radius 1 is 1.56 bits per heavy atom. The van der Waals surface area contributed by atoms with Crippen LogP contribution in [0.1, 0.15) is 13.3 Å². The van der Waals surface area contributed by atoms with Crippen LogP contribution in [0.15, 0.2) is 18.2 Å². The number of halogens is 1. The van der Waals surface area contributed by atoms with Gasteiger partial charge in [0.2, 0.25) is 11.9 Å². The van der Waals surface area contributed by atoms with Gasteiger partial charge >= 0.3 is 0 Å². The van der Waals surface area contributed by atoms with E-state index in [0.717, 1.165) is 6.42 Å². The van der Waals surface area contributed by atoms with Crippen LogP contribution in [0, 0.1) is 5.82 Å². The van der Waals surface area contributed by atoms with Crippen LogP contribution in [0.3, 0.4) is 0 Å². The summed E-state index contributed by atoms with van der Waals surface area (Å²) in [5.74, 6) is -0.458. The van der Waals surface area contributed by atoms with Gasteiger partial charge in [-0.15, -0.1) is 0 Å². The monoisotopic (exact) mass is 250 g/mol. The third kappa shape index (κ3) is 2.27. The Morgan fingerprint density at radius 2 is 2.33 bits per heavy atom. The topological polar surface area (TPSA) is 72.9 Å². The maximum Gasteiger partial charge on any atom is 0.240 e. The molecule has 1 heterocycles. The lowest BCUT2D eigenvalue weighted by molar-refractivity contribution is -0.121. The number of rotatable bonds is 4. The molecule has 0 bridgehead atoms. The van der Waals surface area contributed by atoms with Crippen molar-refractivity contribution in [3.8, 4) is 0 Å². The van der Waals surface area contributed by atoms with Gasteiger partial charge in [0.1, 0.15) is 12.1 Å². The molecule has 0 saturated carbocycles. The minimum absolute atomic E-state index is 0.0474. The van der Waals surface area contributed by atoms with Gasteiger partial charge in [0.25, 0.3) is 0 Å². The van der Waals surface area contributed by atoms with Crippen molar-refractivity contribution < 1.29 is 9.18 Å². The van der Waals surface area contributed by atoms with Crippen LogP contribution in [-0.2, 0) is 11.3 Å². The van der Waals surface area contributed by atoms with Crippen molar-refractivity contribution in [1.29, 1.82) is 0 Å². The molecule has 0 aliphatic rings. The largest absolute Gasteiger partial charge is 0.369 e. The number of fused-ring (bicyclic) bond motifs is 1. The molecule has 1 aromatic carbocycles. The van der Waals surface area contributed by atoms with Crippen LogP contribution in [-0.4, -0.2) is 22.0 Å². The van der Waals surface area contributed by atoms with Gasteiger partial charge in [-0.3, -0.25) is 4.79 Å². The van der Waals surface area contributed by atoms with Crippen LogP contribution in [0.25, 0.3) is 11.0 Å². The van der Waals surface area contributed by atoms with Crippen molar-refractivity contribution in [1.82, 2.24) is 14.9 Å². The maximum absolute atomic E-state index is 13.5. The smallest absolute Gasteiger partial charge is 0.240 e. The third-order valence-corrected chi connectivity index (χ3v) is 2.63. The van der Waals surface area contributed by atoms with Crippen LogP contribution >= 0.6 is 0 Å². The van der Waals surface area contributed by atoms with E-state index in [1.165, 1.54) is 10.6 Å². The lowest BCUT2D eigenvalue weighted by atomic mass is 10.3. The zero-order valence-corrected chi connectivity index (χ0v) is 10.1. The molecule has 96 valence electrons. The molecule has 1 amide bonds. The zero-order chi connectivity index (χ0) is 13.1. The number of carbonyl (C=O) groups excluding carboxylic acids is 1. The second-order valence-corrected chi connectivity index (χ2v) is 4.01. The van der Waals surface area contributed by atoms with Crippen molar-refractivity contribution in [3.63, 3.8) is 0 Å². The Bertz CT molecular complexity index is 579. The van der Waals surface area contributed by atoms with Gasteiger partial charge in [0.15, 0.2) is 5.82 Å². The molecule has 0 radical (unpaired) electrons. The van der Waals surface area contributed by atoms with E-state index in [4.69, 9.17) is 5.73 Å². The number of nitrogen functional groups attached to an aromatic ring is 1. The van der Waals surface area contributed by atoms with Gasteiger partial charge in [-0.2, -0.15) is 0 Å². The van der Waals surface area contributed by atoms with E-state index < -0.39 is 5.82 Å². The number of nitrogens with zero attached hydrogens (tertiary/aromatic N) is 2. The molecule has 6 heteroatoms. The number of hydrogen-bond donors (Lipinski definition) is 2. The highest BCUT2D eigenvalue weighted by atomic mass is 19.1. The zero-order valence-electron chi connectivity index (χ0n) is 10.1. The summed E-state index contributed by atoms with van der Waals surface area (Å²) in [5, 5.41) is 2.74. The number of amides is 1. The van der Waals surface area contributed by atoms with E-state index in [1.807, 2.05) is 6.92 Å². The van der Waals surface area contributed by atoms with Gasteiger partial charge in [-0.05, 0) is 18.6 Å². The van der Waals surface area contributed by atoms with Gasteiger partial charge in [-0.1, -0.05) is 13.0 Å². The maximum atomic E-state index is 13.5. The number of nitrogens with one attached hydrogen (secondary N) is 1. The van der Waals surface area contributed by atoms with E-state index in [-0.39, 0.29) is 23.9 Å². The summed E-state index contributed by atoms with van der Waals surface area (Å²) >= 11 is 0. The van der Waals surface area contributed by atoms with E-state index in [9.17, 15) is 9.18 Å². The van der Waals surface area contributed by atoms with Gasteiger partial charge in [0, 0.05) is 6.54 Å². The number of hydrogen-bond acceptors (Lipinski definition) is 3. The first kappa shape index (κ1) is 12.3. The summed E-state index contributed by atoms with van der Waals surface area (Å²) in [6.07, 6.45) is 0.862. The van der Waals surface area contributed by atoms with E-state index in [0.29, 0.717) is 12.1 Å². The summed E-state index contributed by atoms with van der Waals surface area (Å²) in [5.41, 5.74) is 6.42. The SMILES string of the molecule is CCCNC(=O)Cn1c(N)nc2c(F)cccc21. The highest BCUT2D eigenvalue weighted by molar-refractivity contribution is 5.83. The molecule has 2 rings (SSSR count). The molecular formula is C12H15FN4O. The summed E-state index contributed by atoms with van der Waals surface area (Å²) in [6, 6.07) is 4.57. The average molecular weight is 250 g/mol. The fourth-order valence-electron chi connectivity index (χ4n) is 1.76. The summed E-state index contributed by atoms with van der Waals surface area (Å²) in [7, 11) is 0. The van der Waals surface area contributed by atoms with E-state index >= 15 is 0 Å². The first-order valence-electron chi connectivity index (χ1n) is 5.80. The lowest BCUT2D eigenvalue weighted by Gasteiger charge is -2.06. The fourth-order valence-corrected chi connectivity index (χ4v) is 1.76. The quantitative estimate of drug-likeness (QED) is 0.858. The molecule has 0 aliphatic carbocycles. The fraction of sp³-hybridized carbons (Fsp3) is 0.333. The molecule has 5 nitrogen and oxygen atoms in total. The predicted octanol–water partition coefficient (Wildman–Crippen LogP) is 1.28. The second kappa shape index (κ2) is 5.03. The van der Waals surface area contributed by atoms with Crippen LogP contribution < -0.4 is 11.1 Å². The Morgan fingerprint density at radius 3 is 3.06 bits per heavy atom. The standard InChI is InChI=1S/C12H15FN4O/c1-2-6-15-10(18)7-17-9-5-3-4-8(13)11(9)16-12(17)14/h3-5H,2,6-7H2,1H3,(H2,14,16)(H,15,18). The van der Waals surface area contributed by atoms with Crippen LogP contribution in [0.5, 0.6) is 0 Å². The Labute approximate surface area is 104 Å². The number of carbonyl (C=O) groups is 1. The highest BCUT2D eigenvalue weighted by Crippen LogP contribution is 2.20. The second-order valence-electron chi connectivity index (χ2n) is 4.01. The summed E-state index contributed by atoms with van der Waals surface area (Å²) < 4.78 is 15.0. The molecule has 0 unspecified atom stereocenters. The molecule has 18 heavy (non-hydrogen) atoms. The van der Waals surface area contributed by atoms with Crippen molar-refractivity contribution in [3.05, 3.63) is 24.0 Å². The number of benzene rings is 1. The number of anilines is 1. The Hall–Kier alpha value is -2.11. The van der Waals surface area contributed by atoms with Gasteiger partial charge in [-0.25, -0.2) is 9.37 Å². The highest BCUT2D eigenvalue weighted by Gasteiger charge is 2.13. The molecule has 0 spiro atoms. The van der Waals surface area contributed by atoms with E-state index in [2.05, 4.69) is 10.3 Å². The molecule has 1 aromatic heterocycles. The average Bonchev–Trinajstić information content (AvgIpc) is 2.66. The number of para-hydroxylation sites is 1. The first-order chi connectivity index (χ1) is 8.63. The molecule has 2 aromatic rings. The minimum Gasteiger partial charge on any atom is -0.369 e. The predicted molar refractivity (Wildman–Crippen MR) is 67.4 cm³/mol. The van der Waals surface area contributed by atoms with Crippen molar-refractivity contribution >= 4 is 22.9 Å². The number of nitrogens with two attached hydrogens (primary N) is 1. The van der Waals surface area contributed by atoms with Crippen molar-refractivity contribution in [2.24, 2.45) is 0 Å². The molecule has 0 saturated heterocycles. The summed E-state index contributed by atoms with van der Waals surface area (Å²) in [4.78, 5) is 15.6. The van der Waals surface area contributed by atoms with Crippen LogP contribution in [0.4, 0.5) is 10.3 Å². The molecule has 0 fully saturated rings. The number of aromatic nitrogens is 2. The number of imidazole rings is 1. The first-order valence-corrected chi connectivity index (χ1v) is 5.80. The lowest BCUT2D eigenvalue weighted by Crippen LogP contribution is -2.28. The normalized spacial score (nSPS) is 10.8.